The van der Waals surface area contributed by atoms with E-state index >= 15 is 0 Å². The first kappa shape index (κ1) is 10.3. The molecule has 0 fully saturated rings. The zero-order chi connectivity index (χ0) is 11.5. The third-order valence-corrected chi connectivity index (χ3v) is 2.24. The highest BCUT2D eigenvalue weighted by molar-refractivity contribution is 5.87. The van der Waals surface area contributed by atoms with Crippen LogP contribution in [-0.2, 0) is 0 Å². The van der Waals surface area contributed by atoms with E-state index in [1.807, 2.05) is 0 Å². The molecule has 1 aromatic heterocycles. The standard InChI is InChI=1S/C12H9FN2O/c13-10-2-3-11(9(5-10)7-16)8-1-4-12(14)15-6-8/h1-7H,(H2,14,15). The Bertz CT molecular complexity index is 523. The molecule has 0 aliphatic heterocycles. The average molecular weight is 216 g/mol. The van der Waals surface area contributed by atoms with Crippen molar-refractivity contribution in [3.8, 4) is 11.1 Å². The zero-order valence-electron chi connectivity index (χ0n) is 8.35. The summed E-state index contributed by atoms with van der Waals surface area (Å²) in [4.78, 5) is 14.7. The number of nitrogens with zero attached hydrogens (tertiary/aromatic N) is 1. The molecule has 16 heavy (non-hydrogen) atoms. The van der Waals surface area contributed by atoms with Gasteiger partial charge in [-0.25, -0.2) is 9.37 Å². The van der Waals surface area contributed by atoms with Gasteiger partial charge in [0.25, 0.3) is 0 Å². The smallest absolute Gasteiger partial charge is 0.150 e. The maximum atomic E-state index is 12.9. The van der Waals surface area contributed by atoms with Crippen LogP contribution in [0.5, 0.6) is 0 Å². The van der Waals surface area contributed by atoms with Crippen LogP contribution in [0.1, 0.15) is 10.4 Å². The summed E-state index contributed by atoms with van der Waals surface area (Å²) in [6.07, 6.45) is 2.17. The summed E-state index contributed by atoms with van der Waals surface area (Å²) < 4.78 is 12.9. The molecule has 80 valence electrons. The summed E-state index contributed by atoms with van der Waals surface area (Å²) in [6.45, 7) is 0. The summed E-state index contributed by atoms with van der Waals surface area (Å²) in [5.41, 5.74) is 7.13. The van der Waals surface area contributed by atoms with E-state index in [1.165, 1.54) is 12.1 Å². The molecule has 0 aliphatic carbocycles. The lowest BCUT2D eigenvalue weighted by Gasteiger charge is -2.04. The highest BCUT2D eigenvalue weighted by Gasteiger charge is 2.06. The number of aldehydes is 1. The zero-order valence-corrected chi connectivity index (χ0v) is 8.35. The number of carbonyl (C=O) groups excluding carboxylic acids is 1. The molecule has 4 heteroatoms. The van der Waals surface area contributed by atoms with Gasteiger partial charge in [-0.15, -0.1) is 0 Å². The molecule has 0 unspecified atom stereocenters. The number of carbonyl (C=O) groups is 1. The summed E-state index contributed by atoms with van der Waals surface area (Å²) in [7, 11) is 0. The molecule has 1 aromatic carbocycles. The van der Waals surface area contributed by atoms with Crippen LogP contribution in [0.15, 0.2) is 36.5 Å². The molecular formula is C12H9FN2O. The van der Waals surface area contributed by atoms with E-state index in [-0.39, 0.29) is 0 Å². The second-order valence-corrected chi connectivity index (χ2v) is 3.32. The predicted octanol–water partition coefficient (Wildman–Crippen LogP) is 2.28. The topological polar surface area (TPSA) is 56.0 Å². The lowest BCUT2D eigenvalue weighted by Crippen LogP contribution is -1.92. The molecule has 0 atom stereocenters. The molecule has 3 nitrogen and oxygen atoms in total. The Labute approximate surface area is 91.7 Å². The normalized spacial score (nSPS) is 10.1. The van der Waals surface area contributed by atoms with Crippen LogP contribution < -0.4 is 5.73 Å². The Kier molecular flexibility index (Phi) is 2.64. The predicted molar refractivity (Wildman–Crippen MR) is 59.4 cm³/mol. The lowest BCUT2D eigenvalue weighted by atomic mass is 10.0. The Morgan fingerprint density at radius 2 is 2.06 bits per heavy atom. The Hall–Kier alpha value is -2.23. The minimum Gasteiger partial charge on any atom is -0.384 e. The van der Waals surface area contributed by atoms with Crippen molar-refractivity contribution in [2.75, 3.05) is 5.73 Å². The van der Waals surface area contributed by atoms with Crippen LogP contribution in [0.4, 0.5) is 10.2 Å². The molecule has 0 spiro atoms. The Morgan fingerprint density at radius 1 is 1.25 bits per heavy atom. The lowest BCUT2D eigenvalue weighted by molar-refractivity contribution is 0.112. The molecule has 0 saturated heterocycles. The number of nitrogens with two attached hydrogens (primary N) is 1. The number of aromatic nitrogens is 1. The first-order valence-electron chi connectivity index (χ1n) is 4.67. The van der Waals surface area contributed by atoms with Crippen molar-refractivity contribution < 1.29 is 9.18 Å². The van der Waals surface area contributed by atoms with Crippen LogP contribution >= 0.6 is 0 Å². The van der Waals surface area contributed by atoms with Gasteiger partial charge in [-0.2, -0.15) is 0 Å². The largest absolute Gasteiger partial charge is 0.384 e. The average Bonchev–Trinajstić information content (AvgIpc) is 2.30. The number of rotatable bonds is 2. The quantitative estimate of drug-likeness (QED) is 0.783. The number of benzene rings is 1. The third kappa shape index (κ3) is 1.91. The molecule has 0 saturated carbocycles. The fraction of sp³-hybridized carbons (Fsp3) is 0. The van der Waals surface area contributed by atoms with Gasteiger partial charge in [-0.1, -0.05) is 6.07 Å². The summed E-state index contributed by atoms with van der Waals surface area (Å²) >= 11 is 0. The van der Waals surface area contributed by atoms with Crippen LogP contribution in [0.3, 0.4) is 0 Å². The monoisotopic (exact) mass is 216 g/mol. The Morgan fingerprint density at radius 3 is 2.69 bits per heavy atom. The van der Waals surface area contributed by atoms with Gasteiger partial charge < -0.3 is 5.73 Å². The van der Waals surface area contributed by atoms with Crippen molar-refractivity contribution >= 4 is 12.1 Å². The van der Waals surface area contributed by atoms with E-state index in [0.29, 0.717) is 23.2 Å². The van der Waals surface area contributed by atoms with E-state index in [9.17, 15) is 9.18 Å². The van der Waals surface area contributed by atoms with Gasteiger partial charge in [-0.3, -0.25) is 4.79 Å². The molecule has 2 rings (SSSR count). The number of hydrogen-bond donors (Lipinski definition) is 1. The molecular weight excluding hydrogens is 207 g/mol. The second-order valence-electron chi connectivity index (χ2n) is 3.32. The molecule has 0 radical (unpaired) electrons. The number of hydrogen-bond acceptors (Lipinski definition) is 3. The van der Waals surface area contributed by atoms with Crippen LogP contribution in [0, 0.1) is 5.82 Å². The van der Waals surface area contributed by atoms with Gasteiger partial charge >= 0.3 is 0 Å². The maximum Gasteiger partial charge on any atom is 0.150 e. The first-order chi connectivity index (χ1) is 7.70. The minimum absolute atomic E-state index is 0.298. The third-order valence-electron chi connectivity index (χ3n) is 2.24. The van der Waals surface area contributed by atoms with Gasteiger partial charge in [-0.05, 0) is 29.8 Å². The van der Waals surface area contributed by atoms with Crippen molar-refractivity contribution in [1.82, 2.24) is 4.98 Å². The molecule has 2 aromatic rings. The summed E-state index contributed by atoms with van der Waals surface area (Å²) in [5.74, 6) is -0.0345. The van der Waals surface area contributed by atoms with Crippen molar-refractivity contribution in [2.45, 2.75) is 0 Å². The van der Waals surface area contributed by atoms with Crippen molar-refractivity contribution in [3.05, 3.63) is 47.9 Å². The van der Waals surface area contributed by atoms with E-state index < -0.39 is 5.82 Å². The van der Waals surface area contributed by atoms with Gasteiger partial charge in [0.05, 0.1) is 0 Å². The van der Waals surface area contributed by atoms with E-state index in [0.717, 1.165) is 5.56 Å². The van der Waals surface area contributed by atoms with Gasteiger partial charge in [0.1, 0.15) is 11.6 Å². The molecule has 1 heterocycles. The number of nitrogen functional groups attached to an aromatic ring is 1. The van der Waals surface area contributed by atoms with Crippen molar-refractivity contribution in [1.29, 1.82) is 0 Å². The Balaban J connectivity index is 2.55. The fourth-order valence-electron chi connectivity index (χ4n) is 1.46. The number of pyridine rings is 1. The molecule has 0 amide bonds. The molecule has 0 bridgehead atoms. The number of anilines is 1. The molecule has 0 aliphatic rings. The van der Waals surface area contributed by atoms with Gasteiger partial charge in [0.2, 0.25) is 0 Å². The summed E-state index contributed by atoms with van der Waals surface area (Å²) in [5, 5.41) is 0. The highest BCUT2D eigenvalue weighted by Crippen LogP contribution is 2.23. The highest BCUT2D eigenvalue weighted by atomic mass is 19.1. The van der Waals surface area contributed by atoms with E-state index in [2.05, 4.69) is 4.98 Å². The molecule has 2 N–H and O–H groups in total. The number of halogens is 1. The van der Waals surface area contributed by atoms with Crippen LogP contribution in [0.2, 0.25) is 0 Å². The second kappa shape index (κ2) is 4.10. The van der Waals surface area contributed by atoms with Gasteiger partial charge in [0, 0.05) is 17.3 Å². The summed E-state index contributed by atoms with van der Waals surface area (Å²) in [6, 6.07) is 7.42. The first-order valence-corrected chi connectivity index (χ1v) is 4.67. The van der Waals surface area contributed by atoms with E-state index in [1.54, 1.807) is 24.4 Å². The van der Waals surface area contributed by atoms with Gasteiger partial charge in [0.15, 0.2) is 6.29 Å². The van der Waals surface area contributed by atoms with Crippen molar-refractivity contribution in [3.63, 3.8) is 0 Å². The minimum atomic E-state index is -0.436. The van der Waals surface area contributed by atoms with Crippen molar-refractivity contribution in [2.24, 2.45) is 0 Å². The van der Waals surface area contributed by atoms with E-state index in [4.69, 9.17) is 5.73 Å². The maximum absolute atomic E-state index is 12.9. The van der Waals surface area contributed by atoms with Crippen LogP contribution in [-0.4, -0.2) is 11.3 Å². The SMILES string of the molecule is Nc1ccc(-c2ccc(F)cc2C=O)cn1. The van der Waals surface area contributed by atoms with Crippen LogP contribution in [0.25, 0.3) is 11.1 Å². The fourth-order valence-corrected chi connectivity index (χ4v) is 1.46.